The van der Waals surface area contributed by atoms with E-state index in [1.165, 1.54) is 5.39 Å². The molecule has 4 aromatic rings. The van der Waals surface area contributed by atoms with Crippen molar-refractivity contribution < 1.29 is 14.3 Å². The third-order valence-corrected chi connectivity index (χ3v) is 5.65. The van der Waals surface area contributed by atoms with E-state index in [0.29, 0.717) is 25.3 Å². The van der Waals surface area contributed by atoms with Crippen LogP contribution in [0.5, 0.6) is 11.5 Å². The zero-order chi connectivity index (χ0) is 21.2. The molecule has 156 valence electrons. The van der Waals surface area contributed by atoms with Gasteiger partial charge in [-0.25, -0.2) is 0 Å². The Balaban J connectivity index is 1.41. The average molecular weight is 413 g/mol. The van der Waals surface area contributed by atoms with Crippen LogP contribution in [0.25, 0.3) is 10.9 Å². The lowest BCUT2D eigenvalue weighted by atomic mass is 10.1. The lowest BCUT2D eigenvalue weighted by Gasteiger charge is -2.23. The Labute approximate surface area is 180 Å². The monoisotopic (exact) mass is 413 g/mol. The summed E-state index contributed by atoms with van der Waals surface area (Å²) < 4.78 is 13.0. The molecule has 5 rings (SSSR count). The molecule has 2 aromatic heterocycles. The van der Waals surface area contributed by atoms with E-state index in [1.807, 2.05) is 60.6 Å². The van der Waals surface area contributed by atoms with E-state index < -0.39 is 0 Å². The van der Waals surface area contributed by atoms with Crippen molar-refractivity contribution in [2.24, 2.45) is 7.05 Å². The number of benzene rings is 2. The predicted molar refractivity (Wildman–Crippen MR) is 118 cm³/mol. The van der Waals surface area contributed by atoms with Crippen molar-refractivity contribution in [3.8, 4) is 11.5 Å². The van der Waals surface area contributed by atoms with Crippen molar-refractivity contribution in [2.45, 2.75) is 19.5 Å². The minimum absolute atomic E-state index is 0.0491. The first-order valence-corrected chi connectivity index (χ1v) is 10.3. The van der Waals surface area contributed by atoms with Gasteiger partial charge in [0.1, 0.15) is 0 Å². The molecule has 2 aromatic carbocycles. The normalized spacial score (nSPS) is 12.3. The van der Waals surface area contributed by atoms with E-state index in [-0.39, 0.29) is 12.7 Å². The molecule has 0 unspecified atom stereocenters. The summed E-state index contributed by atoms with van der Waals surface area (Å²) >= 11 is 0. The number of nitrogens with zero attached hydrogens (tertiary/aromatic N) is 3. The maximum atomic E-state index is 13.4. The number of aromatic nitrogens is 2. The van der Waals surface area contributed by atoms with Crippen molar-refractivity contribution in [2.75, 3.05) is 6.79 Å². The van der Waals surface area contributed by atoms with Crippen molar-refractivity contribution in [3.63, 3.8) is 0 Å². The molecular weight excluding hydrogens is 390 g/mol. The summed E-state index contributed by atoms with van der Waals surface area (Å²) in [5.74, 6) is 1.46. The molecule has 1 aliphatic heterocycles. The molecule has 0 N–H and O–H groups in total. The number of carbonyl (C=O) groups is 1. The van der Waals surface area contributed by atoms with Crippen LogP contribution in [0.1, 0.15) is 16.8 Å². The highest BCUT2D eigenvalue weighted by molar-refractivity contribution is 5.82. The number of para-hydroxylation sites is 1. The zero-order valence-electron chi connectivity index (χ0n) is 17.3. The molecule has 6 nitrogen and oxygen atoms in total. The molecule has 3 heterocycles. The van der Waals surface area contributed by atoms with Gasteiger partial charge < -0.3 is 18.9 Å². The van der Waals surface area contributed by atoms with Gasteiger partial charge >= 0.3 is 0 Å². The fourth-order valence-electron chi connectivity index (χ4n) is 3.97. The van der Waals surface area contributed by atoms with Gasteiger partial charge in [-0.15, -0.1) is 0 Å². The van der Waals surface area contributed by atoms with Crippen LogP contribution < -0.4 is 9.47 Å². The van der Waals surface area contributed by atoms with E-state index >= 15 is 0 Å². The van der Waals surface area contributed by atoms with Crippen LogP contribution in [0.2, 0.25) is 0 Å². The number of hydrogen-bond donors (Lipinski definition) is 0. The molecule has 1 amide bonds. The molecule has 31 heavy (non-hydrogen) atoms. The summed E-state index contributed by atoms with van der Waals surface area (Å²) in [7, 11) is 2.04. The quantitative estimate of drug-likeness (QED) is 0.478. The Kier molecular flexibility index (Phi) is 5.04. The molecule has 0 spiro atoms. The van der Waals surface area contributed by atoms with Crippen LogP contribution in [-0.4, -0.2) is 27.2 Å². The predicted octanol–water partition coefficient (Wildman–Crippen LogP) is 4.07. The molecule has 1 aliphatic rings. The standard InChI is InChI=1S/C25H23N3O3/c1-27-21(13-20-6-2-3-7-22(20)27)16-28(15-19-5-4-10-26-14-19)25(29)12-18-8-9-23-24(11-18)31-17-30-23/h2-11,13-14H,12,15-17H2,1H3. The first kappa shape index (κ1) is 19.2. The first-order valence-electron chi connectivity index (χ1n) is 10.3. The van der Waals surface area contributed by atoms with Gasteiger partial charge in [-0.3, -0.25) is 9.78 Å². The number of amides is 1. The lowest BCUT2D eigenvalue weighted by molar-refractivity contribution is -0.131. The van der Waals surface area contributed by atoms with Gasteiger partial charge in [0.15, 0.2) is 11.5 Å². The summed E-state index contributed by atoms with van der Waals surface area (Å²) in [6.07, 6.45) is 3.84. The van der Waals surface area contributed by atoms with E-state index in [9.17, 15) is 4.79 Å². The number of ether oxygens (including phenoxy) is 2. The van der Waals surface area contributed by atoms with Crippen molar-refractivity contribution in [3.05, 3.63) is 89.9 Å². The zero-order valence-corrected chi connectivity index (χ0v) is 17.3. The van der Waals surface area contributed by atoms with E-state index in [0.717, 1.165) is 28.1 Å². The summed E-state index contributed by atoms with van der Waals surface area (Å²) in [6.45, 7) is 1.24. The van der Waals surface area contributed by atoms with E-state index in [4.69, 9.17) is 9.47 Å². The minimum atomic E-state index is 0.0491. The Morgan fingerprint density at radius 1 is 1.00 bits per heavy atom. The number of rotatable bonds is 6. The summed E-state index contributed by atoms with van der Waals surface area (Å²) in [5.41, 5.74) is 4.15. The fraction of sp³-hybridized carbons (Fsp3) is 0.200. The second-order valence-corrected chi connectivity index (χ2v) is 7.73. The number of carbonyl (C=O) groups excluding carboxylic acids is 1. The minimum Gasteiger partial charge on any atom is -0.454 e. The molecule has 0 saturated carbocycles. The fourth-order valence-corrected chi connectivity index (χ4v) is 3.97. The number of aryl methyl sites for hydroxylation is 1. The topological polar surface area (TPSA) is 56.6 Å². The van der Waals surface area contributed by atoms with Gasteiger partial charge in [0, 0.05) is 37.2 Å². The number of pyridine rings is 1. The van der Waals surface area contributed by atoms with Crippen LogP contribution in [0.15, 0.2) is 73.1 Å². The van der Waals surface area contributed by atoms with Crippen molar-refractivity contribution in [1.29, 1.82) is 0 Å². The third-order valence-electron chi connectivity index (χ3n) is 5.65. The molecule has 6 heteroatoms. The van der Waals surface area contributed by atoms with Gasteiger partial charge in [0.25, 0.3) is 0 Å². The summed E-state index contributed by atoms with van der Waals surface area (Å²) in [5, 5.41) is 1.17. The summed E-state index contributed by atoms with van der Waals surface area (Å²) in [4.78, 5) is 19.5. The molecule has 0 atom stereocenters. The second-order valence-electron chi connectivity index (χ2n) is 7.73. The SMILES string of the molecule is Cn1c(CN(Cc2cccnc2)C(=O)Cc2ccc3c(c2)OCO3)cc2ccccc21. The molecule has 0 bridgehead atoms. The first-order chi connectivity index (χ1) is 15.2. The third kappa shape index (κ3) is 3.97. The molecular formula is C25H23N3O3. The highest BCUT2D eigenvalue weighted by atomic mass is 16.7. The van der Waals surface area contributed by atoms with E-state index in [2.05, 4.69) is 27.8 Å². The molecule has 0 saturated heterocycles. The van der Waals surface area contributed by atoms with Crippen molar-refractivity contribution >= 4 is 16.8 Å². The smallest absolute Gasteiger partial charge is 0.231 e. The Bertz CT molecular complexity index is 1230. The second kappa shape index (κ2) is 8.14. The highest BCUT2D eigenvalue weighted by Gasteiger charge is 2.20. The maximum Gasteiger partial charge on any atom is 0.231 e. The van der Waals surface area contributed by atoms with Crippen LogP contribution in [0.4, 0.5) is 0 Å². The largest absolute Gasteiger partial charge is 0.454 e. The number of fused-ring (bicyclic) bond motifs is 2. The average Bonchev–Trinajstić information content (AvgIpc) is 3.38. The molecule has 0 radical (unpaired) electrons. The van der Waals surface area contributed by atoms with E-state index in [1.54, 1.807) is 6.20 Å². The van der Waals surface area contributed by atoms with Gasteiger partial charge in [-0.05, 0) is 46.8 Å². The maximum absolute atomic E-state index is 13.4. The summed E-state index contributed by atoms with van der Waals surface area (Å²) in [6, 6.07) is 20.0. The van der Waals surface area contributed by atoms with Crippen LogP contribution in [-0.2, 0) is 31.4 Å². The van der Waals surface area contributed by atoms with Gasteiger partial charge in [-0.1, -0.05) is 30.3 Å². The molecule has 0 aliphatic carbocycles. The Morgan fingerprint density at radius 2 is 1.87 bits per heavy atom. The van der Waals surface area contributed by atoms with Crippen LogP contribution in [0, 0.1) is 0 Å². The Hall–Kier alpha value is -3.80. The lowest BCUT2D eigenvalue weighted by Crippen LogP contribution is -2.32. The van der Waals surface area contributed by atoms with Crippen LogP contribution in [0.3, 0.4) is 0 Å². The number of hydrogen-bond acceptors (Lipinski definition) is 4. The van der Waals surface area contributed by atoms with Gasteiger partial charge in [-0.2, -0.15) is 0 Å². The van der Waals surface area contributed by atoms with Gasteiger partial charge in [0.05, 0.1) is 13.0 Å². The Morgan fingerprint density at radius 3 is 2.71 bits per heavy atom. The van der Waals surface area contributed by atoms with Crippen LogP contribution >= 0.6 is 0 Å². The van der Waals surface area contributed by atoms with Crippen molar-refractivity contribution in [1.82, 2.24) is 14.5 Å². The van der Waals surface area contributed by atoms with Gasteiger partial charge in [0.2, 0.25) is 12.7 Å². The molecule has 0 fully saturated rings. The highest BCUT2D eigenvalue weighted by Crippen LogP contribution is 2.32.